The minimum Gasteiger partial charge on any atom is -0.394 e. The predicted molar refractivity (Wildman–Crippen MR) is 204 cm³/mol. The van der Waals surface area contributed by atoms with Crippen molar-refractivity contribution < 1.29 is 42.8 Å². The summed E-state index contributed by atoms with van der Waals surface area (Å²) in [5.74, 6) is -1.25. The minimum absolute atomic E-state index is 0.0447. The Bertz CT molecular complexity index is 1890. The van der Waals surface area contributed by atoms with Gasteiger partial charge in [-0.05, 0) is 89.1 Å². The van der Waals surface area contributed by atoms with Crippen molar-refractivity contribution >= 4 is 35.4 Å². The smallest absolute Gasteiger partial charge is 0.257 e. The molecule has 2 atom stereocenters. The number of halogens is 2. The number of aryl methyl sites for hydroxylation is 2. The molecule has 2 fully saturated rings. The number of carbonyl (C=O) groups excluding carboxylic acids is 2. The van der Waals surface area contributed by atoms with Gasteiger partial charge in [-0.2, -0.15) is 10.2 Å². The quantitative estimate of drug-likeness (QED) is 0.0906. The fourth-order valence-electron chi connectivity index (χ4n) is 4.80. The number of hydrogen-bond acceptors (Lipinski definition) is 11. The molecule has 4 heterocycles. The Morgan fingerprint density at radius 3 is 1.71 bits per heavy atom. The summed E-state index contributed by atoms with van der Waals surface area (Å²) in [4.78, 5) is 33.0. The number of guanidine groups is 2. The van der Waals surface area contributed by atoms with Crippen LogP contribution in [-0.4, -0.2) is 112 Å². The normalized spacial score (nSPS) is 16.8. The predicted octanol–water partition coefficient (Wildman–Crippen LogP) is 3.41. The van der Waals surface area contributed by atoms with E-state index < -0.39 is 41.9 Å². The molecule has 0 spiro atoms. The number of nitrogens with one attached hydrogen (secondary N) is 6. The zero-order valence-corrected chi connectivity index (χ0v) is 31.6. The molecule has 2 aromatic heterocycles. The Labute approximate surface area is 322 Å². The number of aromatic amines is 2. The Morgan fingerprint density at radius 2 is 1.34 bits per heavy atom. The average molecular weight is 783 g/mol. The number of aromatic nitrogens is 4. The summed E-state index contributed by atoms with van der Waals surface area (Å²) in [5.41, 5.74) is 2.21. The second-order valence-electron chi connectivity index (χ2n) is 13.0. The highest BCUT2D eigenvalue weighted by Gasteiger charge is 2.32. The van der Waals surface area contributed by atoms with Gasteiger partial charge in [0.05, 0.1) is 32.4 Å². The number of nitrogens with zero attached hydrogens (tertiary/aromatic N) is 4. The van der Waals surface area contributed by atoms with Gasteiger partial charge < -0.3 is 35.1 Å². The van der Waals surface area contributed by atoms with Gasteiger partial charge in [-0.3, -0.25) is 30.4 Å². The van der Waals surface area contributed by atoms with Crippen LogP contribution >= 0.6 is 0 Å². The van der Waals surface area contributed by atoms with Gasteiger partial charge in [-0.15, -0.1) is 0 Å². The minimum atomic E-state index is -1.05. The van der Waals surface area contributed by atoms with Gasteiger partial charge in [0, 0.05) is 47.9 Å². The van der Waals surface area contributed by atoms with Crippen molar-refractivity contribution in [1.29, 1.82) is 0 Å². The van der Waals surface area contributed by atoms with Gasteiger partial charge in [-0.1, -0.05) is 0 Å². The van der Waals surface area contributed by atoms with Crippen molar-refractivity contribution in [3.05, 3.63) is 94.8 Å². The van der Waals surface area contributed by atoms with Crippen LogP contribution in [0, 0.1) is 25.5 Å². The van der Waals surface area contributed by atoms with Crippen LogP contribution in [0.3, 0.4) is 0 Å². The molecule has 2 aliphatic rings. The molecule has 2 aliphatic heterocycles. The number of H-pyrrole nitrogens is 2. The third-order valence-corrected chi connectivity index (χ3v) is 7.60. The molecule has 8 N–H and O–H groups in total. The van der Waals surface area contributed by atoms with Crippen molar-refractivity contribution in [3.63, 3.8) is 0 Å². The number of aliphatic imine (C=N–C) groups is 2. The first-order valence-corrected chi connectivity index (χ1v) is 17.8. The number of amides is 2. The number of rotatable bonds is 9. The zero-order valence-electron chi connectivity index (χ0n) is 31.6. The van der Waals surface area contributed by atoms with E-state index >= 15 is 0 Å². The zero-order chi connectivity index (χ0) is 40.5. The van der Waals surface area contributed by atoms with Crippen molar-refractivity contribution in [2.45, 2.75) is 58.5 Å². The molecule has 6 rings (SSSR count). The van der Waals surface area contributed by atoms with Crippen molar-refractivity contribution in [1.82, 2.24) is 31.0 Å². The molecule has 2 unspecified atom stereocenters. The monoisotopic (exact) mass is 782 g/mol. The second-order valence-corrected chi connectivity index (χ2v) is 13.0. The summed E-state index contributed by atoms with van der Waals surface area (Å²) in [7, 11) is 0. The number of benzene rings is 2. The fraction of sp³-hybridized carbons (Fsp3) is 0.405. The molecular formula is C37H48F2N10O7. The topological polar surface area (TPSA) is 232 Å². The first-order valence-electron chi connectivity index (χ1n) is 17.8. The van der Waals surface area contributed by atoms with E-state index in [1.54, 1.807) is 12.1 Å². The molecule has 2 amide bonds. The molecule has 19 heteroatoms. The van der Waals surface area contributed by atoms with E-state index in [4.69, 9.17) is 19.3 Å². The van der Waals surface area contributed by atoms with Gasteiger partial charge in [0.25, 0.3) is 11.8 Å². The van der Waals surface area contributed by atoms with E-state index in [0.717, 1.165) is 24.6 Å². The molecule has 302 valence electrons. The van der Waals surface area contributed by atoms with Crippen LogP contribution in [0.2, 0.25) is 0 Å². The maximum atomic E-state index is 13.1. The highest BCUT2D eigenvalue weighted by atomic mass is 19.1. The molecule has 0 saturated carbocycles. The standard InChI is InChI=1S/C18H22FN5O3.C15H18FN5O3.C4H8O/c1-11-8-15(24-23-11)21-17(20-9-14-10-26-18(2,3)27-14)22-16(25)12-4-6-13(19)7-5-12;1-9-6-13(21-20-9)18-15(17-7-12(23)8-22)19-14(24)10-2-4-11(16)5-3-10;1-2-4-5-3-1/h4-8,14H,9-10H2,1-3H3,(H3,20,21,22,23,24,25);2-6,12,22-23H,7-8H2,1H3,(H3,17,18,19,20,21,24);1-4H2. The van der Waals surface area contributed by atoms with Gasteiger partial charge in [0.2, 0.25) is 11.9 Å². The molecule has 56 heavy (non-hydrogen) atoms. The first kappa shape index (κ1) is 43.1. The van der Waals surface area contributed by atoms with Gasteiger partial charge in [0.1, 0.15) is 17.7 Å². The molecule has 4 aromatic rings. The maximum absolute atomic E-state index is 13.1. The molecule has 0 aliphatic carbocycles. The molecular weight excluding hydrogens is 734 g/mol. The summed E-state index contributed by atoms with van der Waals surface area (Å²) in [6, 6.07) is 13.7. The average Bonchev–Trinajstić information content (AvgIpc) is 4.01. The lowest BCUT2D eigenvalue weighted by molar-refractivity contribution is -0.137. The summed E-state index contributed by atoms with van der Waals surface area (Å²) in [5, 5.41) is 42.8. The van der Waals surface area contributed by atoms with Crippen LogP contribution in [0.15, 0.2) is 70.6 Å². The Balaban J connectivity index is 0.000000222. The van der Waals surface area contributed by atoms with Crippen LogP contribution in [-0.2, 0) is 14.2 Å². The molecule has 0 bridgehead atoms. The van der Waals surface area contributed by atoms with Crippen LogP contribution in [0.1, 0.15) is 58.8 Å². The summed E-state index contributed by atoms with van der Waals surface area (Å²) < 4.78 is 42.2. The third-order valence-electron chi connectivity index (χ3n) is 7.60. The van der Waals surface area contributed by atoms with Crippen molar-refractivity contribution in [2.24, 2.45) is 9.98 Å². The lowest BCUT2D eigenvalue weighted by atomic mass is 10.2. The second kappa shape index (κ2) is 21.5. The highest BCUT2D eigenvalue weighted by molar-refractivity contribution is 6.10. The van der Waals surface area contributed by atoms with Crippen LogP contribution in [0.4, 0.5) is 20.4 Å². The Kier molecular flexibility index (Phi) is 16.5. The lowest BCUT2D eigenvalue weighted by Crippen LogP contribution is -2.37. The van der Waals surface area contributed by atoms with Gasteiger partial charge in [-0.25, -0.2) is 18.8 Å². The van der Waals surface area contributed by atoms with Crippen LogP contribution < -0.4 is 21.3 Å². The molecule has 2 aromatic carbocycles. The number of aliphatic hydroxyl groups is 2. The van der Waals surface area contributed by atoms with Crippen molar-refractivity contribution in [3.8, 4) is 0 Å². The maximum Gasteiger partial charge on any atom is 0.257 e. The number of anilines is 2. The third kappa shape index (κ3) is 15.3. The fourth-order valence-corrected chi connectivity index (χ4v) is 4.80. The molecule has 17 nitrogen and oxygen atoms in total. The van der Waals surface area contributed by atoms with Crippen molar-refractivity contribution in [2.75, 3.05) is 50.2 Å². The van der Waals surface area contributed by atoms with E-state index in [-0.39, 0.29) is 30.1 Å². The first-order chi connectivity index (χ1) is 26.8. The number of carbonyl (C=O) groups is 2. The SMILES string of the molecule is C1CCOC1.Cc1cc(NC(=NCC(O)CO)NC(=O)c2ccc(F)cc2)n[nH]1.Cc1cc(NC(=NCC2COC(C)(C)O2)NC(=O)c2ccc(F)cc2)n[nH]1. The van der Waals surface area contributed by atoms with E-state index in [9.17, 15) is 23.5 Å². The van der Waals surface area contributed by atoms with E-state index in [1.807, 2.05) is 27.7 Å². The van der Waals surface area contributed by atoms with E-state index in [0.29, 0.717) is 30.4 Å². The Hall–Kier alpha value is -5.60. The summed E-state index contributed by atoms with van der Waals surface area (Å²) >= 11 is 0. The number of aliphatic hydroxyl groups excluding tert-OH is 2. The number of hydrogen-bond donors (Lipinski definition) is 8. The largest absolute Gasteiger partial charge is 0.394 e. The molecule has 2 saturated heterocycles. The van der Waals surface area contributed by atoms with Crippen LogP contribution in [0.25, 0.3) is 0 Å². The summed E-state index contributed by atoms with van der Waals surface area (Å²) in [6.45, 7) is 9.46. The summed E-state index contributed by atoms with van der Waals surface area (Å²) in [6.07, 6.45) is 1.28. The number of ether oxygens (including phenoxy) is 3. The van der Waals surface area contributed by atoms with Gasteiger partial charge in [0.15, 0.2) is 17.4 Å². The van der Waals surface area contributed by atoms with E-state index in [1.165, 1.54) is 61.4 Å². The van der Waals surface area contributed by atoms with Crippen LogP contribution in [0.5, 0.6) is 0 Å². The Morgan fingerprint density at radius 1 is 0.857 bits per heavy atom. The van der Waals surface area contributed by atoms with E-state index in [2.05, 4.69) is 51.6 Å². The molecule has 0 radical (unpaired) electrons. The van der Waals surface area contributed by atoms with Gasteiger partial charge >= 0.3 is 0 Å². The lowest BCUT2D eigenvalue weighted by Gasteiger charge is -2.16. The highest BCUT2D eigenvalue weighted by Crippen LogP contribution is 2.22.